The number of nitriles is 1. The zero-order valence-electron chi connectivity index (χ0n) is 19.4. The first kappa shape index (κ1) is 24.1. The third kappa shape index (κ3) is 7.51. The number of ether oxygens (including phenoxy) is 2. The van der Waals surface area contributed by atoms with Crippen LogP contribution in [0.5, 0.6) is 0 Å². The predicted molar refractivity (Wildman–Crippen MR) is 119 cm³/mol. The van der Waals surface area contributed by atoms with Gasteiger partial charge < -0.3 is 9.47 Å². The fourth-order valence-corrected chi connectivity index (χ4v) is 5.62. The molecule has 0 unspecified atom stereocenters. The van der Waals surface area contributed by atoms with Gasteiger partial charge in [0.2, 0.25) is 0 Å². The van der Waals surface area contributed by atoms with Gasteiger partial charge in [-0.05, 0) is 83.0 Å². The van der Waals surface area contributed by atoms with E-state index in [1.165, 1.54) is 38.5 Å². The van der Waals surface area contributed by atoms with Crippen molar-refractivity contribution < 1.29 is 19.1 Å². The molecule has 3 aliphatic rings. The van der Waals surface area contributed by atoms with Gasteiger partial charge in [-0.25, -0.2) is 0 Å². The third-order valence-electron chi connectivity index (χ3n) is 7.83. The van der Waals surface area contributed by atoms with Crippen molar-refractivity contribution in [3.8, 4) is 6.07 Å². The fourth-order valence-electron chi connectivity index (χ4n) is 5.62. The van der Waals surface area contributed by atoms with Crippen LogP contribution in [-0.4, -0.2) is 24.1 Å². The average Bonchev–Trinajstić information content (AvgIpc) is 2.81. The fraction of sp³-hybridized carbons (Fsp3) is 0.885. The highest BCUT2D eigenvalue weighted by molar-refractivity contribution is 5.73. The molecule has 0 aromatic heterocycles. The number of esters is 2. The topological polar surface area (TPSA) is 76.4 Å². The van der Waals surface area contributed by atoms with Crippen molar-refractivity contribution in [1.29, 1.82) is 5.26 Å². The molecule has 0 aliphatic heterocycles. The van der Waals surface area contributed by atoms with Crippen LogP contribution in [0.15, 0.2) is 0 Å². The highest BCUT2D eigenvalue weighted by Crippen LogP contribution is 2.34. The van der Waals surface area contributed by atoms with Crippen molar-refractivity contribution in [3.63, 3.8) is 0 Å². The molecular weight excluding hydrogens is 390 g/mol. The summed E-state index contributed by atoms with van der Waals surface area (Å²) in [6, 6.07) is 2.31. The zero-order chi connectivity index (χ0) is 22.1. The van der Waals surface area contributed by atoms with Crippen LogP contribution in [0.2, 0.25) is 0 Å². The lowest BCUT2D eigenvalue weighted by atomic mass is 9.79. The van der Waals surface area contributed by atoms with Crippen LogP contribution >= 0.6 is 0 Å². The quantitative estimate of drug-likeness (QED) is 0.343. The Morgan fingerprint density at radius 3 is 1.68 bits per heavy atom. The van der Waals surface area contributed by atoms with Gasteiger partial charge in [-0.1, -0.05) is 32.6 Å². The van der Waals surface area contributed by atoms with Gasteiger partial charge in [0.1, 0.15) is 12.2 Å². The molecule has 0 saturated heterocycles. The molecule has 3 fully saturated rings. The first-order valence-corrected chi connectivity index (χ1v) is 12.9. The summed E-state index contributed by atoms with van der Waals surface area (Å²) in [6.07, 6.45) is 15.8. The Balaban J connectivity index is 1.30. The van der Waals surface area contributed by atoms with E-state index in [-0.39, 0.29) is 41.9 Å². The van der Waals surface area contributed by atoms with E-state index >= 15 is 0 Å². The molecule has 0 N–H and O–H groups in total. The summed E-state index contributed by atoms with van der Waals surface area (Å²) in [5.74, 6) is 0.856. The van der Waals surface area contributed by atoms with Gasteiger partial charge in [0.25, 0.3) is 0 Å². The Bertz CT molecular complexity index is 603. The van der Waals surface area contributed by atoms with E-state index in [9.17, 15) is 9.59 Å². The number of nitrogens with zero attached hydrogens (tertiary/aromatic N) is 1. The van der Waals surface area contributed by atoms with Crippen LogP contribution in [-0.2, 0) is 19.1 Å². The second-order valence-corrected chi connectivity index (χ2v) is 10.2. The van der Waals surface area contributed by atoms with E-state index in [0.717, 1.165) is 70.1 Å². The van der Waals surface area contributed by atoms with E-state index in [1.807, 2.05) is 0 Å². The van der Waals surface area contributed by atoms with Crippen molar-refractivity contribution in [2.45, 2.75) is 122 Å². The van der Waals surface area contributed by atoms with Crippen molar-refractivity contribution in [2.75, 3.05) is 0 Å². The summed E-state index contributed by atoms with van der Waals surface area (Å²) in [7, 11) is 0. The van der Waals surface area contributed by atoms with Crippen molar-refractivity contribution >= 4 is 11.9 Å². The number of unbranched alkanes of at least 4 members (excludes halogenated alkanes) is 2. The minimum atomic E-state index is -0.0902. The zero-order valence-corrected chi connectivity index (χ0v) is 19.4. The SMILES string of the molecule is CCCCCC1CCC(C(=O)OC2CCC(OC(=O)C3CCC(C#N)CC3)CC2)CC1. The van der Waals surface area contributed by atoms with Crippen LogP contribution in [0.3, 0.4) is 0 Å². The number of hydrogen-bond donors (Lipinski definition) is 0. The molecule has 3 saturated carbocycles. The van der Waals surface area contributed by atoms with Crippen molar-refractivity contribution in [3.05, 3.63) is 0 Å². The largest absolute Gasteiger partial charge is 0.462 e. The molecule has 0 heterocycles. The highest BCUT2D eigenvalue weighted by atomic mass is 16.6. The van der Waals surface area contributed by atoms with Gasteiger partial charge >= 0.3 is 11.9 Å². The molecule has 174 valence electrons. The summed E-state index contributed by atoms with van der Waals surface area (Å²) in [5.41, 5.74) is 0. The number of carbonyl (C=O) groups is 2. The maximum atomic E-state index is 12.6. The Morgan fingerprint density at radius 1 is 0.742 bits per heavy atom. The summed E-state index contributed by atoms with van der Waals surface area (Å²) >= 11 is 0. The molecule has 5 heteroatoms. The second kappa shape index (κ2) is 12.5. The van der Waals surface area contributed by atoms with Crippen molar-refractivity contribution in [2.24, 2.45) is 23.7 Å². The molecule has 3 aliphatic carbocycles. The number of rotatable bonds is 8. The molecule has 31 heavy (non-hydrogen) atoms. The molecule has 0 aromatic carbocycles. The lowest BCUT2D eigenvalue weighted by Gasteiger charge is -2.32. The molecular formula is C26H41NO4. The van der Waals surface area contributed by atoms with Crippen LogP contribution in [0, 0.1) is 35.0 Å². The van der Waals surface area contributed by atoms with Gasteiger partial charge in [0.15, 0.2) is 0 Å². The Labute approximate surface area is 188 Å². The normalized spacial score (nSPS) is 33.8. The first-order valence-electron chi connectivity index (χ1n) is 12.9. The van der Waals surface area contributed by atoms with E-state index in [0.29, 0.717) is 0 Å². The third-order valence-corrected chi connectivity index (χ3v) is 7.83. The summed E-state index contributed by atoms with van der Waals surface area (Å²) < 4.78 is 11.6. The molecule has 0 bridgehead atoms. The Hall–Kier alpha value is -1.57. The maximum Gasteiger partial charge on any atom is 0.309 e. The molecule has 0 aromatic rings. The Kier molecular flexibility index (Phi) is 9.68. The summed E-state index contributed by atoms with van der Waals surface area (Å²) in [4.78, 5) is 25.1. The van der Waals surface area contributed by atoms with Gasteiger partial charge in [-0.15, -0.1) is 0 Å². The number of carbonyl (C=O) groups excluding carboxylic acids is 2. The van der Waals surface area contributed by atoms with E-state index in [1.54, 1.807) is 0 Å². The Morgan fingerprint density at radius 2 is 1.23 bits per heavy atom. The molecule has 5 nitrogen and oxygen atoms in total. The smallest absolute Gasteiger partial charge is 0.309 e. The molecule has 3 rings (SSSR count). The van der Waals surface area contributed by atoms with Crippen molar-refractivity contribution in [1.82, 2.24) is 0 Å². The summed E-state index contributed by atoms with van der Waals surface area (Å²) in [5, 5.41) is 9.00. The van der Waals surface area contributed by atoms with E-state index in [4.69, 9.17) is 14.7 Å². The van der Waals surface area contributed by atoms with Gasteiger partial charge in [-0.3, -0.25) is 9.59 Å². The molecule has 0 spiro atoms. The monoisotopic (exact) mass is 431 g/mol. The van der Waals surface area contributed by atoms with Crippen LogP contribution < -0.4 is 0 Å². The lowest BCUT2D eigenvalue weighted by Crippen LogP contribution is -2.34. The maximum absolute atomic E-state index is 12.6. The van der Waals surface area contributed by atoms with Crippen LogP contribution in [0.1, 0.15) is 110 Å². The van der Waals surface area contributed by atoms with Gasteiger partial charge in [-0.2, -0.15) is 5.26 Å². The molecule has 0 radical (unpaired) electrons. The minimum Gasteiger partial charge on any atom is -0.462 e. The number of hydrogen-bond acceptors (Lipinski definition) is 5. The second-order valence-electron chi connectivity index (χ2n) is 10.2. The predicted octanol–water partition coefficient (Wildman–Crippen LogP) is 6.10. The standard InChI is InChI=1S/C26H41NO4/c1-2-3-4-5-19-6-10-21(11-7-19)25(28)30-23-14-16-24(17-15-23)31-26(29)22-12-8-20(18-27)9-13-22/h19-24H,2-17H2,1H3. The van der Waals surface area contributed by atoms with Crippen LogP contribution in [0.25, 0.3) is 0 Å². The van der Waals surface area contributed by atoms with Crippen LogP contribution in [0.4, 0.5) is 0 Å². The lowest BCUT2D eigenvalue weighted by molar-refractivity contribution is -0.164. The first-order chi connectivity index (χ1) is 15.1. The average molecular weight is 432 g/mol. The van der Waals surface area contributed by atoms with E-state index < -0.39 is 0 Å². The summed E-state index contributed by atoms with van der Waals surface area (Å²) in [6.45, 7) is 2.24. The molecule has 0 atom stereocenters. The van der Waals surface area contributed by atoms with Gasteiger partial charge in [0, 0.05) is 5.92 Å². The molecule has 0 amide bonds. The van der Waals surface area contributed by atoms with E-state index in [2.05, 4.69) is 13.0 Å². The minimum absolute atomic E-state index is 0.00158. The van der Waals surface area contributed by atoms with Gasteiger partial charge in [0.05, 0.1) is 17.9 Å². The highest BCUT2D eigenvalue weighted by Gasteiger charge is 2.33.